The summed E-state index contributed by atoms with van der Waals surface area (Å²) in [6, 6.07) is -0.390. The average Bonchev–Trinajstić information content (AvgIpc) is 2.26. The lowest BCUT2D eigenvalue weighted by Crippen LogP contribution is -2.66. The van der Waals surface area contributed by atoms with Gasteiger partial charge in [0, 0.05) is 7.11 Å². The Hall–Kier alpha value is -1.18. The van der Waals surface area contributed by atoms with E-state index in [1.165, 1.54) is 0 Å². The molecular weight excluding hydrogens is 254 g/mol. The van der Waals surface area contributed by atoms with Crippen molar-refractivity contribution in [3.63, 3.8) is 0 Å². The Morgan fingerprint density at radius 1 is 1.42 bits per heavy atom. The molecule has 0 aromatic carbocycles. The number of rotatable bonds is 9. The van der Waals surface area contributed by atoms with Crippen LogP contribution in [0.25, 0.3) is 0 Å². The van der Waals surface area contributed by atoms with Crippen molar-refractivity contribution in [2.45, 2.75) is 31.9 Å². The number of nitrogens with one attached hydrogen (secondary N) is 1. The predicted octanol–water partition coefficient (Wildman–Crippen LogP) is -0.00860. The number of hydrogen-bond acceptors (Lipinski definition) is 5. The summed E-state index contributed by atoms with van der Waals surface area (Å²) < 4.78 is 15.5. The Kier molecular flexibility index (Phi) is 5.71. The number of amides is 1. The Balaban J connectivity index is 2.41. The van der Waals surface area contributed by atoms with Gasteiger partial charge in [-0.1, -0.05) is 0 Å². The summed E-state index contributed by atoms with van der Waals surface area (Å²) in [5, 5.41) is 11.3. The minimum Gasteiger partial charge on any atom is -0.481 e. The molecule has 2 N–H and O–H groups in total. The van der Waals surface area contributed by atoms with Gasteiger partial charge in [0.2, 0.25) is 5.91 Å². The maximum atomic E-state index is 11.6. The summed E-state index contributed by atoms with van der Waals surface area (Å²) in [5.41, 5.74) is -0.768. The monoisotopic (exact) mass is 275 g/mol. The van der Waals surface area contributed by atoms with E-state index in [-0.39, 0.29) is 25.2 Å². The molecule has 7 heteroatoms. The number of aliphatic carboxylic acids is 1. The number of β-lactam (4-membered cyclic amide) rings is 1. The summed E-state index contributed by atoms with van der Waals surface area (Å²) in [6.45, 7) is 4.42. The van der Waals surface area contributed by atoms with Gasteiger partial charge in [0.1, 0.15) is 6.79 Å². The zero-order chi connectivity index (χ0) is 14.5. The molecule has 110 valence electrons. The third-order valence-electron chi connectivity index (χ3n) is 3.10. The van der Waals surface area contributed by atoms with Crippen molar-refractivity contribution in [2.24, 2.45) is 5.92 Å². The number of carbonyl (C=O) groups is 2. The van der Waals surface area contributed by atoms with Gasteiger partial charge in [-0.25, -0.2) is 0 Å². The Morgan fingerprint density at radius 2 is 2.11 bits per heavy atom. The van der Waals surface area contributed by atoms with Crippen molar-refractivity contribution in [2.75, 3.05) is 27.1 Å². The maximum absolute atomic E-state index is 11.6. The molecule has 1 aliphatic rings. The molecule has 1 fully saturated rings. The van der Waals surface area contributed by atoms with Crippen molar-refractivity contribution in [3.8, 4) is 0 Å². The molecule has 1 rings (SSSR count). The van der Waals surface area contributed by atoms with E-state index in [1.807, 2.05) is 0 Å². The third-order valence-corrected chi connectivity index (χ3v) is 3.10. The fourth-order valence-corrected chi connectivity index (χ4v) is 2.08. The van der Waals surface area contributed by atoms with Crippen LogP contribution >= 0.6 is 0 Å². The standard InChI is InChI=1S/C12H21NO6/c1-12(2,19-7-18-5-4-17-3)10-8(6-9(14)15)13-11(10)16/h8,10H,4-7H2,1-3H3,(H,13,16)(H,14,15)/t8-,10+/m0/s1. The van der Waals surface area contributed by atoms with Crippen LogP contribution in [0.15, 0.2) is 0 Å². The largest absolute Gasteiger partial charge is 0.481 e. The van der Waals surface area contributed by atoms with Crippen LogP contribution in [-0.2, 0) is 23.8 Å². The van der Waals surface area contributed by atoms with Gasteiger partial charge < -0.3 is 24.6 Å². The molecule has 1 amide bonds. The molecule has 7 nitrogen and oxygen atoms in total. The molecule has 0 saturated carbocycles. The fraction of sp³-hybridized carbons (Fsp3) is 0.833. The quantitative estimate of drug-likeness (QED) is 0.349. The normalized spacial score (nSPS) is 22.8. The van der Waals surface area contributed by atoms with Gasteiger partial charge in [0.25, 0.3) is 0 Å². The second kappa shape index (κ2) is 6.83. The third kappa shape index (κ3) is 4.45. The molecule has 0 radical (unpaired) electrons. The highest BCUT2D eigenvalue weighted by Crippen LogP contribution is 2.32. The van der Waals surface area contributed by atoms with Crippen LogP contribution in [0.2, 0.25) is 0 Å². The number of carboxylic acids is 1. The summed E-state index contributed by atoms with van der Waals surface area (Å²) in [6.07, 6.45) is -0.103. The molecule has 1 aliphatic heterocycles. The first-order valence-electron chi connectivity index (χ1n) is 6.11. The van der Waals surface area contributed by atoms with Gasteiger partial charge in [-0.15, -0.1) is 0 Å². The Morgan fingerprint density at radius 3 is 2.63 bits per heavy atom. The molecule has 0 aromatic heterocycles. The van der Waals surface area contributed by atoms with Crippen molar-refractivity contribution < 1.29 is 28.9 Å². The molecule has 2 atom stereocenters. The van der Waals surface area contributed by atoms with Gasteiger partial charge in [0.05, 0.1) is 37.2 Å². The van der Waals surface area contributed by atoms with Crippen LogP contribution in [0.5, 0.6) is 0 Å². The highest BCUT2D eigenvalue weighted by Gasteiger charge is 2.50. The molecule has 1 heterocycles. The second-order valence-electron chi connectivity index (χ2n) is 4.96. The van der Waals surface area contributed by atoms with E-state index >= 15 is 0 Å². The highest BCUT2D eigenvalue weighted by molar-refractivity contribution is 5.88. The summed E-state index contributed by atoms with van der Waals surface area (Å²) in [4.78, 5) is 22.2. The lowest BCUT2D eigenvalue weighted by molar-refractivity contribution is -0.181. The number of carbonyl (C=O) groups excluding carboxylic acids is 1. The van der Waals surface area contributed by atoms with E-state index in [1.54, 1.807) is 21.0 Å². The predicted molar refractivity (Wildman–Crippen MR) is 65.5 cm³/mol. The van der Waals surface area contributed by atoms with Gasteiger partial charge >= 0.3 is 5.97 Å². The average molecular weight is 275 g/mol. The SMILES string of the molecule is COCCOCOC(C)(C)[C@H]1C(=O)N[C@H]1CC(=O)O. The molecule has 19 heavy (non-hydrogen) atoms. The summed E-state index contributed by atoms with van der Waals surface area (Å²) >= 11 is 0. The van der Waals surface area contributed by atoms with Gasteiger partial charge in [-0.2, -0.15) is 0 Å². The maximum Gasteiger partial charge on any atom is 0.305 e. The molecule has 0 bridgehead atoms. The summed E-state index contributed by atoms with van der Waals surface area (Å²) in [7, 11) is 1.57. The van der Waals surface area contributed by atoms with E-state index < -0.39 is 17.5 Å². The molecule has 0 aliphatic carbocycles. The lowest BCUT2D eigenvalue weighted by atomic mass is 9.76. The molecule has 0 spiro atoms. The van der Waals surface area contributed by atoms with Crippen LogP contribution in [-0.4, -0.2) is 55.7 Å². The number of hydrogen-bond donors (Lipinski definition) is 2. The van der Waals surface area contributed by atoms with Crippen molar-refractivity contribution in [1.82, 2.24) is 5.32 Å². The Bertz CT molecular complexity index is 330. The molecular formula is C12H21NO6. The van der Waals surface area contributed by atoms with E-state index in [9.17, 15) is 9.59 Å². The van der Waals surface area contributed by atoms with Crippen molar-refractivity contribution in [3.05, 3.63) is 0 Å². The van der Waals surface area contributed by atoms with Crippen molar-refractivity contribution in [1.29, 1.82) is 0 Å². The first-order chi connectivity index (χ1) is 8.88. The fourth-order valence-electron chi connectivity index (χ4n) is 2.08. The Labute approximate surface area is 112 Å². The zero-order valence-corrected chi connectivity index (χ0v) is 11.5. The van der Waals surface area contributed by atoms with E-state index in [0.29, 0.717) is 13.2 Å². The van der Waals surface area contributed by atoms with Crippen LogP contribution < -0.4 is 5.32 Å². The van der Waals surface area contributed by atoms with Gasteiger partial charge in [0.15, 0.2) is 0 Å². The molecule has 0 aromatic rings. The van der Waals surface area contributed by atoms with Crippen LogP contribution in [0.1, 0.15) is 20.3 Å². The lowest BCUT2D eigenvalue weighted by Gasteiger charge is -2.45. The number of carboxylic acid groups (broad SMARTS) is 1. The van der Waals surface area contributed by atoms with E-state index in [4.69, 9.17) is 19.3 Å². The highest BCUT2D eigenvalue weighted by atomic mass is 16.7. The zero-order valence-electron chi connectivity index (χ0n) is 11.5. The second-order valence-corrected chi connectivity index (χ2v) is 4.96. The van der Waals surface area contributed by atoms with E-state index in [2.05, 4.69) is 5.32 Å². The van der Waals surface area contributed by atoms with Crippen LogP contribution in [0.3, 0.4) is 0 Å². The van der Waals surface area contributed by atoms with Crippen LogP contribution in [0, 0.1) is 5.92 Å². The van der Waals surface area contributed by atoms with E-state index in [0.717, 1.165) is 0 Å². The minimum atomic E-state index is -0.942. The van der Waals surface area contributed by atoms with Gasteiger partial charge in [-0.05, 0) is 13.8 Å². The number of ether oxygens (including phenoxy) is 3. The molecule has 0 unspecified atom stereocenters. The topological polar surface area (TPSA) is 94.1 Å². The first kappa shape index (κ1) is 15.9. The van der Waals surface area contributed by atoms with Crippen molar-refractivity contribution >= 4 is 11.9 Å². The summed E-state index contributed by atoms with van der Waals surface area (Å²) in [5.74, 6) is -1.61. The van der Waals surface area contributed by atoms with Gasteiger partial charge in [-0.3, -0.25) is 9.59 Å². The number of methoxy groups -OCH3 is 1. The molecule has 1 saturated heterocycles. The van der Waals surface area contributed by atoms with Crippen LogP contribution in [0.4, 0.5) is 0 Å². The minimum absolute atomic E-state index is 0.0416. The first-order valence-corrected chi connectivity index (χ1v) is 6.11. The smallest absolute Gasteiger partial charge is 0.305 e.